The SMILES string of the molecule is CC(=O)O[C@H]1/C(C)=C\C[C@H]2[C@](C)(CC/C(C)=C3/OC(=O)C[C@@H]31)OC(=O)C(=O)[C@]2(O)C(C)C. The van der Waals surface area contributed by atoms with Gasteiger partial charge in [0, 0.05) is 12.8 Å². The number of rotatable bonds is 2. The van der Waals surface area contributed by atoms with E-state index in [4.69, 9.17) is 14.2 Å². The van der Waals surface area contributed by atoms with Gasteiger partial charge in [0.05, 0.1) is 12.3 Å². The molecular formula is C24H32O8. The van der Waals surface area contributed by atoms with Crippen molar-refractivity contribution in [2.45, 2.75) is 84.5 Å². The van der Waals surface area contributed by atoms with E-state index in [0.29, 0.717) is 24.2 Å². The summed E-state index contributed by atoms with van der Waals surface area (Å²) in [4.78, 5) is 49.2. The molecule has 176 valence electrons. The van der Waals surface area contributed by atoms with Crippen molar-refractivity contribution in [2.24, 2.45) is 17.8 Å². The molecule has 0 radical (unpaired) electrons. The third-order valence-electron chi connectivity index (χ3n) is 7.17. The van der Waals surface area contributed by atoms with E-state index in [-0.39, 0.29) is 18.8 Å². The maximum atomic E-state index is 12.8. The van der Waals surface area contributed by atoms with E-state index in [1.54, 1.807) is 33.8 Å². The lowest BCUT2D eigenvalue weighted by Crippen LogP contribution is -2.66. The third-order valence-corrected chi connectivity index (χ3v) is 7.17. The number of carbonyl (C=O) groups is 4. The lowest BCUT2D eigenvalue weighted by Gasteiger charge is -2.50. The average molecular weight is 449 g/mol. The minimum Gasteiger partial charge on any atom is -0.457 e. The van der Waals surface area contributed by atoms with Crippen molar-refractivity contribution in [3.63, 3.8) is 0 Å². The van der Waals surface area contributed by atoms with Crippen LogP contribution in [0.15, 0.2) is 23.0 Å². The fraction of sp³-hybridized carbons (Fsp3) is 0.667. The Hall–Kier alpha value is -2.48. The molecule has 0 spiro atoms. The Morgan fingerprint density at radius 1 is 1.25 bits per heavy atom. The molecule has 32 heavy (non-hydrogen) atoms. The zero-order valence-electron chi connectivity index (χ0n) is 19.5. The van der Waals surface area contributed by atoms with E-state index >= 15 is 0 Å². The van der Waals surface area contributed by atoms with Crippen LogP contribution in [0.25, 0.3) is 0 Å². The maximum absolute atomic E-state index is 12.8. The Bertz CT molecular complexity index is 913. The zero-order valence-corrected chi connectivity index (χ0v) is 19.5. The third kappa shape index (κ3) is 4.00. The highest BCUT2D eigenvalue weighted by Gasteiger charge is 2.61. The van der Waals surface area contributed by atoms with Gasteiger partial charge in [-0.25, -0.2) is 4.79 Å². The lowest BCUT2D eigenvalue weighted by atomic mass is 9.63. The summed E-state index contributed by atoms with van der Waals surface area (Å²) in [5.74, 6) is -4.06. The molecule has 2 saturated heterocycles. The molecule has 8 heteroatoms. The Kier molecular flexibility index (Phi) is 6.39. The molecule has 0 unspecified atom stereocenters. The van der Waals surface area contributed by atoms with Gasteiger partial charge >= 0.3 is 17.9 Å². The average Bonchev–Trinajstić information content (AvgIpc) is 3.08. The molecular weight excluding hydrogens is 416 g/mol. The molecule has 8 nitrogen and oxygen atoms in total. The van der Waals surface area contributed by atoms with Gasteiger partial charge in [0.15, 0.2) is 0 Å². The van der Waals surface area contributed by atoms with Gasteiger partial charge in [-0.1, -0.05) is 19.9 Å². The number of fused-ring (bicyclic) bond motifs is 2. The molecule has 0 aromatic carbocycles. The summed E-state index contributed by atoms with van der Waals surface area (Å²) < 4.78 is 16.7. The maximum Gasteiger partial charge on any atom is 0.378 e. The summed E-state index contributed by atoms with van der Waals surface area (Å²) in [5.41, 5.74) is -1.57. The van der Waals surface area contributed by atoms with Gasteiger partial charge in [-0.2, -0.15) is 0 Å². The number of Topliss-reactive ketones (excluding diaryl/α,β-unsaturated/α-hetero) is 1. The van der Waals surface area contributed by atoms with Crippen LogP contribution in [0, 0.1) is 17.8 Å². The van der Waals surface area contributed by atoms with Crippen molar-refractivity contribution in [1.82, 2.24) is 0 Å². The number of carbonyl (C=O) groups excluding carboxylic acids is 4. The molecule has 1 N–H and O–H groups in total. The molecule has 0 saturated carbocycles. The molecule has 1 aliphatic carbocycles. The molecule has 0 bridgehead atoms. The first kappa shape index (κ1) is 24.2. The van der Waals surface area contributed by atoms with Crippen LogP contribution in [0.5, 0.6) is 0 Å². The predicted octanol–water partition coefficient (Wildman–Crippen LogP) is 2.77. The predicted molar refractivity (Wildman–Crippen MR) is 113 cm³/mol. The van der Waals surface area contributed by atoms with Gasteiger partial charge in [-0.3, -0.25) is 14.4 Å². The highest BCUT2D eigenvalue weighted by molar-refractivity contribution is 6.37. The first-order valence-corrected chi connectivity index (χ1v) is 11.1. The minimum atomic E-state index is -1.89. The van der Waals surface area contributed by atoms with Gasteiger partial charge in [-0.15, -0.1) is 0 Å². The number of ketones is 1. The minimum absolute atomic E-state index is 0.0832. The van der Waals surface area contributed by atoms with Crippen molar-refractivity contribution < 1.29 is 38.5 Å². The number of hydrogen-bond donors (Lipinski definition) is 1. The molecule has 3 rings (SSSR count). The van der Waals surface area contributed by atoms with Crippen LogP contribution in [0.1, 0.15) is 67.2 Å². The number of ether oxygens (including phenoxy) is 3. The largest absolute Gasteiger partial charge is 0.457 e. The highest BCUT2D eigenvalue weighted by Crippen LogP contribution is 2.47. The van der Waals surface area contributed by atoms with Crippen LogP contribution in [-0.2, 0) is 33.4 Å². The quantitative estimate of drug-likeness (QED) is 0.297. The first-order valence-electron chi connectivity index (χ1n) is 11.1. The Labute approximate surface area is 188 Å². The van der Waals surface area contributed by atoms with Crippen LogP contribution in [-0.4, -0.2) is 46.1 Å². The molecule has 5 atom stereocenters. The molecule has 3 aliphatic rings. The highest BCUT2D eigenvalue weighted by atomic mass is 16.6. The Balaban J connectivity index is 2.15. The first-order chi connectivity index (χ1) is 14.8. The van der Waals surface area contributed by atoms with E-state index in [0.717, 1.165) is 5.57 Å². The van der Waals surface area contributed by atoms with Gasteiger partial charge < -0.3 is 19.3 Å². The number of esters is 3. The van der Waals surface area contributed by atoms with E-state index in [1.807, 2.05) is 6.92 Å². The van der Waals surface area contributed by atoms with Crippen molar-refractivity contribution >= 4 is 23.7 Å². The van der Waals surface area contributed by atoms with Crippen LogP contribution in [0.2, 0.25) is 0 Å². The summed E-state index contributed by atoms with van der Waals surface area (Å²) >= 11 is 0. The van der Waals surface area contributed by atoms with E-state index in [2.05, 4.69) is 0 Å². The van der Waals surface area contributed by atoms with E-state index in [9.17, 15) is 24.3 Å². The molecule has 2 heterocycles. The molecule has 0 amide bonds. The summed E-state index contributed by atoms with van der Waals surface area (Å²) in [6, 6.07) is 0. The van der Waals surface area contributed by atoms with Gasteiger partial charge in [-0.05, 0) is 57.1 Å². The monoisotopic (exact) mass is 448 g/mol. The van der Waals surface area contributed by atoms with Crippen molar-refractivity contribution in [1.29, 1.82) is 0 Å². The molecule has 2 aliphatic heterocycles. The van der Waals surface area contributed by atoms with Gasteiger partial charge in [0.2, 0.25) is 0 Å². The fourth-order valence-electron chi connectivity index (χ4n) is 5.25. The molecule has 0 aromatic heterocycles. The van der Waals surface area contributed by atoms with Crippen molar-refractivity contribution in [3.05, 3.63) is 23.0 Å². The summed E-state index contributed by atoms with van der Waals surface area (Å²) in [6.45, 7) is 10.1. The van der Waals surface area contributed by atoms with Crippen LogP contribution in [0.4, 0.5) is 0 Å². The Morgan fingerprint density at radius 2 is 1.91 bits per heavy atom. The standard InChI is InChI=1S/C24H32O8/c1-12(2)24(29)17-8-7-13(3)19(30-15(5)25)16-11-18(26)31-20(16)14(4)9-10-23(17,6)32-22(28)21(24)27/h7,12,16-17,19,29H,8-11H2,1-6H3/b13-7-,20-14+/t16-,17+,19+,23+,24+/m1/s1. The zero-order chi connectivity index (χ0) is 24.0. The van der Waals surface area contributed by atoms with E-state index in [1.165, 1.54) is 6.92 Å². The van der Waals surface area contributed by atoms with Crippen molar-refractivity contribution in [2.75, 3.05) is 0 Å². The van der Waals surface area contributed by atoms with Gasteiger partial charge in [0.1, 0.15) is 23.1 Å². The smallest absolute Gasteiger partial charge is 0.378 e. The summed E-state index contributed by atoms with van der Waals surface area (Å²) in [6.07, 6.45) is 2.13. The van der Waals surface area contributed by atoms with E-state index < -0.39 is 52.8 Å². The normalized spacial score (nSPS) is 39.8. The van der Waals surface area contributed by atoms with Crippen LogP contribution < -0.4 is 0 Å². The Morgan fingerprint density at radius 3 is 2.50 bits per heavy atom. The fourth-order valence-corrected chi connectivity index (χ4v) is 5.25. The summed E-state index contributed by atoms with van der Waals surface area (Å²) in [7, 11) is 0. The number of hydrogen-bond acceptors (Lipinski definition) is 8. The van der Waals surface area contributed by atoms with Gasteiger partial charge in [0.25, 0.3) is 5.78 Å². The second kappa shape index (κ2) is 8.46. The second-order valence-corrected chi connectivity index (χ2v) is 9.71. The number of allylic oxidation sites excluding steroid dienone is 2. The number of aliphatic hydroxyl groups is 1. The van der Waals surface area contributed by atoms with Crippen LogP contribution >= 0.6 is 0 Å². The molecule has 0 aromatic rings. The topological polar surface area (TPSA) is 116 Å². The molecule has 2 fully saturated rings. The van der Waals surface area contributed by atoms with Crippen molar-refractivity contribution in [3.8, 4) is 0 Å². The second-order valence-electron chi connectivity index (χ2n) is 9.71. The van der Waals surface area contributed by atoms with Crippen LogP contribution in [0.3, 0.4) is 0 Å². The lowest BCUT2D eigenvalue weighted by molar-refractivity contribution is -0.214. The summed E-state index contributed by atoms with van der Waals surface area (Å²) in [5, 5.41) is 11.5.